The molecular formula is C11H16IN3O3S. The first kappa shape index (κ1) is 16.2. The summed E-state index contributed by atoms with van der Waals surface area (Å²) in [4.78, 5) is 10.3. The van der Waals surface area contributed by atoms with Crippen LogP contribution in [0.1, 0.15) is 12.6 Å². The van der Waals surface area contributed by atoms with Gasteiger partial charge in [-0.3, -0.25) is 0 Å². The van der Waals surface area contributed by atoms with E-state index in [9.17, 15) is 8.42 Å². The van der Waals surface area contributed by atoms with Crippen LogP contribution in [0, 0.1) is 10.5 Å². The molecule has 8 heteroatoms. The van der Waals surface area contributed by atoms with E-state index < -0.39 is 10.1 Å². The van der Waals surface area contributed by atoms with Crippen LogP contribution >= 0.6 is 22.6 Å². The Hall–Kier alpha value is -0.900. The number of nitrogens with zero attached hydrogens (tertiary/aromatic N) is 3. The van der Waals surface area contributed by atoms with E-state index in [-0.39, 0.29) is 5.88 Å². The van der Waals surface area contributed by atoms with Crippen LogP contribution in [0.5, 0.6) is 5.88 Å². The van der Waals surface area contributed by atoms with Gasteiger partial charge in [0.25, 0.3) is 0 Å². The zero-order valence-corrected chi connectivity index (χ0v) is 14.2. The van der Waals surface area contributed by atoms with E-state index in [1.807, 2.05) is 41.5 Å². The van der Waals surface area contributed by atoms with Gasteiger partial charge in [-0.25, -0.2) is 9.98 Å². The second-order valence-corrected chi connectivity index (χ2v) is 6.72. The molecule has 1 aromatic heterocycles. The second-order valence-electron chi connectivity index (χ2n) is 3.99. The lowest BCUT2D eigenvalue weighted by Crippen LogP contribution is -2.14. The molecule has 6 nitrogen and oxygen atoms in total. The molecular weight excluding hydrogens is 381 g/mol. The molecule has 1 heterocycles. The van der Waals surface area contributed by atoms with Gasteiger partial charge in [0.05, 0.1) is 27.5 Å². The van der Waals surface area contributed by atoms with E-state index in [4.69, 9.17) is 4.18 Å². The predicted molar refractivity (Wildman–Crippen MR) is 83.6 cm³/mol. The third-order valence-corrected chi connectivity index (χ3v) is 3.46. The van der Waals surface area contributed by atoms with Crippen LogP contribution in [-0.2, 0) is 10.1 Å². The fourth-order valence-electron chi connectivity index (χ4n) is 1.12. The number of halogens is 1. The molecule has 0 bridgehead atoms. The number of hydrogen-bond donors (Lipinski definition) is 0. The minimum Gasteiger partial charge on any atom is -0.366 e. The lowest BCUT2D eigenvalue weighted by molar-refractivity contribution is 0.480. The van der Waals surface area contributed by atoms with Gasteiger partial charge < -0.3 is 9.08 Å². The van der Waals surface area contributed by atoms with Crippen LogP contribution in [0.4, 0.5) is 5.69 Å². The molecule has 0 saturated carbocycles. The Morgan fingerprint density at radius 2 is 2.21 bits per heavy atom. The Labute approximate surface area is 127 Å². The average Bonchev–Trinajstić information content (AvgIpc) is 2.29. The molecule has 0 radical (unpaired) electrons. The molecule has 106 valence electrons. The molecule has 19 heavy (non-hydrogen) atoms. The highest BCUT2D eigenvalue weighted by Gasteiger charge is 2.12. The third-order valence-electron chi connectivity index (χ3n) is 2.23. The number of rotatable bonds is 5. The summed E-state index contributed by atoms with van der Waals surface area (Å²) in [5.41, 5.74) is 1.30. The van der Waals surface area contributed by atoms with Crippen molar-refractivity contribution >= 4 is 44.7 Å². The number of hydrogen-bond acceptors (Lipinski definition) is 5. The summed E-state index contributed by atoms with van der Waals surface area (Å²) in [6.45, 7) is 4.62. The fourth-order valence-corrected chi connectivity index (χ4v) is 2.21. The van der Waals surface area contributed by atoms with E-state index in [0.717, 1.165) is 12.8 Å². The first-order valence-electron chi connectivity index (χ1n) is 5.54. The predicted octanol–water partition coefficient (Wildman–Crippen LogP) is 1.94. The average molecular weight is 397 g/mol. The largest absolute Gasteiger partial charge is 0.366 e. The smallest absolute Gasteiger partial charge is 0.307 e. The van der Waals surface area contributed by atoms with Crippen LogP contribution in [0.25, 0.3) is 0 Å². The van der Waals surface area contributed by atoms with E-state index in [0.29, 0.717) is 15.0 Å². The number of pyridine rings is 1. The molecule has 0 amide bonds. The first-order valence-corrected chi connectivity index (χ1v) is 8.43. The van der Waals surface area contributed by atoms with Crippen molar-refractivity contribution in [2.75, 3.05) is 19.8 Å². The topological polar surface area (TPSA) is 71.9 Å². The lowest BCUT2D eigenvalue weighted by Gasteiger charge is -2.10. The maximum atomic E-state index is 11.1. The van der Waals surface area contributed by atoms with E-state index >= 15 is 0 Å². The van der Waals surface area contributed by atoms with E-state index in [1.165, 1.54) is 0 Å². The monoisotopic (exact) mass is 397 g/mol. The minimum absolute atomic E-state index is 0.0865. The summed E-state index contributed by atoms with van der Waals surface area (Å²) in [7, 11) is -1.66. The fraction of sp³-hybridized carbons (Fsp3) is 0.455. The summed E-state index contributed by atoms with van der Waals surface area (Å²) in [6.07, 6.45) is 2.69. The number of aryl methyl sites for hydroxylation is 1. The first-order chi connectivity index (χ1) is 8.73. The van der Waals surface area contributed by atoms with Gasteiger partial charge in [-0.05, 0) is 42.5 Å². The summed E-state index contributed by atoms with van der Waals surface area (Å²) >= 11 is 1.97. The maximum Gasteiger partial charge on any atom is 0.307 e. The van der Waals surface area contributed by atoms with Crippen LogP contribution in [0.2, 0.25) is 0 Å². The molecule has 0 aliphatic carbocycles. The van der Waals surface area contributed by atoms with Crippen molar-refractivity contribution in [2.24, 2.45) is 4.99 Å². The van der Waals surface area contributed by atoms with Gasteiger partial charge in [0.1, 0.15) is 0 Å². The van der Waals surface area contributed by atoms with Gasteiger partial charge in [0.15, 0.2) is 0 Å². The highest BCUT2D eigenvalue weighted by atomic mass is 127. The van der Waals surface area contributed by atoms with Crippen LogP contribution < -0.4 is 4.18 Å². The van der Waals surface area contributed by atoms with Crippen molar-refractivity contribution in [3.8, 4) is 5.88 Å². The van der Waals surface area contributed by atoms with Crippen molar-refractivity contribution in [2.45, 2.75) is 13.8 Å². The van der Waals surface area contributed by atoms with Gasteiger partial charge in [0, 0.05) is 13.6 Å². The molecule has 0 aliphatic heterocycles. The lowest BCUT2D eigenvalue weighted by atomic mass is 10.3. The molecule has 0 N–H and O–H groups in total. The zero-order valence-electron chi connectivity index (χ0n) is 11.2. The van der Waals surface area contributed by atoms with Crippen LogP contribution in [0.3, 0.4) is 0 Å². The van der Waals surface area contributed by atoms with Crippen LogP contribution in [-0.4, -0.2) is 44.5 Å². The zero-order chi connectivity index (χ0) is 14.6. The van der Waals surface area contributed by atoms with Crippen molar-refractivity contribution in [3.05, 3.63) is 15.3 Å². The maximum absolute atomic E-state index is 11.1. The molecule has 1 rings (SSSR count). The third kappa shape index (κ3) is 5.31. The Morgan fingerprint density at radius 1 is 1.58 bits per heavy atom. The van der Waals surface area contributed by atoms with Crippen molar-refractivity contribution in [3.63, 3.8) is 0 Å². The Balaban J connectivity index is 3.07. The van der Waals surface area contributed by atoms with E-state index in [1.54, 1.807) is 19.3 Å². The SMILES string of the molecule is CCN(C)C=Nc1cc(I)c(OS(C)(=O)=O)nc1C. The van der Waals surface area contributed by atoms with Gasteiger partial charge in [-0.15, -0.1) is 0 Å². The van der Waals surface area contributed by atoms with Crippen molar-refractivity contribution in [1.29, 1.82) is 0 Å². The summed E-state index contributed by atoms with van der Waals surface area (Å²) < 4.78 is 27.6. The molecule has 0 aromatic carbocycles. The Kier molecular flexibility index (Phi) is 5.53. The standard InChI is InChI=1S/C11H16IN3O3S/c1-5-15(3)7-13-10-6-9(12)11(14-8(10)2)18-19(4,16)17/h6-7H,5H2,1-4H3. The number of aromatic nitrogens is 1. The summed E-state index contributed by atoms with van der Waals surface area (Å²) in [5, 5.41) is 0. The van der Waals surface area contributed by atoms with E-state index in [2.05, 4.69) is 9.98 Å². The number of aliphatic imine (C=N–C) groups is 1. The van der Waals surface area contributed by atoms with Crippen molar-refractivity contribution in [1.82, 2.24) is 9.88 Å². The quantitative estimate of drug-likeness (QED) is 0.329. The molecule has 0 fully saturated rings. The van der Waals surface area contributed by atoms with Gasteiger partial charge in [-0.2, -0.15) is 8.42 Å². The Bertz CT molecular complexity index is 587. The van der Waals surface area contributed by atoms with Crippen LogP contribution in [0.15, 0.2) is 11.1 Å². The molecule has 0 atom stereocenters. The van der Waals surface area contributed by atoms with Gasteiger partial charge >= 0.3 is 10.1 Å². The highest BCUT2D eigenvalue weighted by Crippen LogP contribution is 2.27. The molecule has 0 unspecified atom stereocenters. The minimum atomic E-state index is -3.57. The normalized spacial score (nSPS) is 11.8. The van der Waals surface area contributed by atoms with Gasteiger partial charge in [-0.1, -0.05) is 0 Å². The Morgan fingerprint density at radius 3 is 2.74 bits per heavy atom. The molecule has 0 aliphatic rings. The second kappa shape index (κ2) is 6.51. The van der Waals surface area contributed by atoms with Gasteiger partial charge in [0.2, 0.25) is 5.88 Å². The molecule has 0 saturated heterocycles. The molecule has 0 spiro atoms. The summed E-state index contributed by atoms with van der Waals surface area (Å²) in [5.74, 6) is 0.0865. The summed E-state index contributed by atoms with van der Waals surface area (Å²) in [6, 6.07) is 1.74. The molecule has 1 aromatic rings. The highest BCUT2D eigenvalue weighted by molar-refractivity contribution is 14.1. The van der Waals surface area contributed by atoms with Crippen molar-refractivity contribution < 1.29 is 12.6 Å².